The molecular weight excluding hydrogens is 843 g/mol. The Kier molecular flexibility index (Phi) is 12.7. The average Bonchev–Trinajstić information content (AvgIpc) is 3.23. The van der Waals surface area contributed by atoms with Crippen LogP contribution in [-0.4, -0.2) is 68.5 Å². The Hall–Kier alpha value is -4.14. The van der Waals surface area contributed by atoms with E-state index in [9.17, 15) is 18.8 Å². The molecule has 1 unspecified atom stereocenters. The summed E-state index contributed by atoms with van der Waals surface area (Å²) in [7, 11) is 0. The van der Waals surface area contributed by atoms with Gasteiger partial charge in [0.25, 0.3) is 5.79 Å². The van der Waals surface area contributed by atoms with Crippen molar-refractivity contribution in [3.8, 4) is 11.8 Å². The maximum absolute atomic E-state index is 13.0. The Morgan fingerprint density at radius 2 is 1.40 bits per heavy atom. The van der Waals surface area contributed by atoms with E-state index in [1.165, 1.54) is 50.7 Å². The highest BCUT2D eigenvalue weighted by Gasteiger charge is 2.64. The number of carbonyl (C=O) groups excluding carboxylic acids is 3. The third-order valence-corrected chi connectivity index (χ3v) is 15.1. The maximum Gasteiger partial charge on any atom is 0.410 e. The summed E-state index contributed by atoms with van der Waals surface area (Å²) in [5.74, 6) is 1.30. The molecule has 13 heteroatoms. The molecule has 10 rings (SSSR count). The Bertz CT molecular complexity index is 1840. The number of hydrogen-bond donors (Lipinski definition) is 0. The van der Waals surface area contributed by atoms with Crippen molar-refractivity contribution in [3.63, 3.8) is 0 Å². The van der Waals surface area contributed by atoms with Crippen molar-refractivity contribution in [1.82, 2.24) is 14.9 Å². The Morgan fingerprint density at radius 1 is 0.772 bits per heavy atom. The molecule has 7 aliphatic rings. The quantitative estimate of drug-likeness (QED) is 0.153. The minimum atomic E-state index is -1.02. The normalized spacial score (nSPS) is 27.9. The van der Waals surface area contributed by atoms with Crippen molar-refractivity contribution in [2.24, 2.45) is 35.5 Å². The number of ether oxygens (including phenoxy) is 5. The molecule has 4 heterocycles. The molecule has 3 aromatic rings. The zero-order valence-corrected chi connectivity index (χ0v) is 34.4. The smallest absolute Gasteiger partial charge is 0.410 e. The molecule has 304 valence electrons. The van der Waals surface area contributed by atoms with Crippen LogP contribution in [0, 0.1) is 44.9 Å². The summed E-state index contributed by atoms with van der Waals surface area (Å²) in [6.07, 6.45) is 16.2. The number of aromatic nitrogens is 2. The lowest BCUT2D eigenvalue weighted by Gasteiger charge is -2.59. The van der Waals surface area contributed by atoms with E-state index in [1.807, 2.05) is 42.5 Å². The van der Waals surface area contributed by atoms with Crippen molar-refractivity contribution in [3.05, 3.63) is 81.9 Å². The van der Waals surface area contributed by atoms with Crippen LogP contribution in [0.5, 0.6) is 11.8 Å². The number of halogens is 2. The summed E-state index contributed by atoms with van der Waals surface area (Å²) >= 11 is -1.02. The average molecular weight is 895 g/mol. The van der Waals surface area contributed by atoms with Gasteiger partial charge in [-0.15, -0.1) is 0 Å². The second kappa shape index (κ2) is 18.2. The monoisotopic (exact) mass is 894 g/mol. The highest BCUT2D eigenvalue weighted by Crippen LogP contribution is 2.60. The minimum absolute atomic E-state index is 0.175. The Morgan fingerprint density at radius 3 is 2.04 bits per heavy atom. The number of piperidine rings is 1. The minimum Gasteiger partial charge on any atom is -0.477 e. The first-order valence-corrected chi connectivity index (χ1v) is 22.7. The van der Waals surface area contributed by atoms with Crippen molar-refractivity contribution in [2.45, 2.75) is 89.4 Å². The molecule has 1 spiro atoms. The van der Waals surface area contributed by atoms with Crippen molar-refractivity contribution in [1.29, 1.82) is 0 Å². The SMILES string of the molecule is O=C(OCc1ccccc1)N1CCCC(COc2ccc([18F])cn2)C1.O=C1OC2(OC(=O)C1=Ic1ccc(OCC3CCCCC3)nc1)C1CC3CC(C1)CC2C3. The van der Waals surface area contributed by atoms with Crippen LogP contribution in [0.25, 0.3) is 0 Å². The zero-order valence-electron chi connectivity index (χ0n) is 32.2. The predicted molar refractivity (Wildman–Crippen MR) is 217 cm³/mol. The van der Waals surface area contributed by atoms with Gasteiger partial charge in [-0.3, -0.25) is 0 Å². The van der Waals surface area contributed by atoms with Crippen LogP contribution < -0.4 is 9.47 Å². The Labute approximate surface area is 343 Å². The van der Waals surface area contributed by atoms with Gasteiger partial charge in [-0.1, -0.05) is 70.3 Å². The maximum atomic E-state index is 13.0. The first-order chi connectivity index (χ1) is 27.8. The number of likely N-dealkylation sites (tertiary alicyclic amines) is 1. The molecular formula is C44H51FIN3O8. The van der Waals surface area contributed by atoms with Crippen LogP contribution in [0.3, 0.4) is 0 Å². The number of rotatable bonds is 9. The summed E-state index contributed by atoms with van der Waals surface area (Å²) in [5, 5.41) is 0. The standard InChI is InChI=1S/C25H30INO5.C19H21FN2O3/c28-23-22(26-20-6-7-21(27-13-20)30-14-15-4-2-1-3-5-15)24(29)32-25(31-23)18-9-16-8-17(11-18)12-19(25)10-16;20-17-8-9-18(21-11-17)24-14-16-7-4-10-22(12-16)19(23)25-13-15-5-2-1-3-6-15/h6-7,13,15-19H,1-5,8-12,14H2;1-3,5-6,8-9,11,16H,4,7,10,12-14H2/i;20-1. The van der Waals surface area contributed by atoms with E-state index in [1.54, 1.807) is 11.1 Å². The molecule has 0 N–H and O–H groups in total. The molecule has 1 aromatic carbocycles. The van der Waals surface area contributed by atoms with Gasteiger partial charge in [-0.25, -0.2) is 28.7 Å². The predicted octanol–water partition coefficient (Wildman–Crippen LogP) is 8.25. The molecule has 2 aromatic heterocycles. The number of benzene rings is 1. The number of pyridine rings is 2. The molecule has 2 aliphatic heterocycles. The molecule has 57 heavy (non-hydrogen) atoms. The molecule has 4 bridgehead atoms. The van der Waals surface area contributed by atoms with Gasteiger partial charge < -0.3 is 28.6 Å². The summed E-state index contributed by atoms with van der Waals surface area (Å²) in [5.41, 5.74) is 0.968. The van der Waals surface area contributed by atoms with Crippen LogP contribution in [0.4, 0.5) is 9.18 Å². The van der Waals surface area contributed by atoms with Gasteiger partial charge in [-0.05, 0) is 93.2 Å². The lowest BCUT2D eigenvalue weighted by Crippen LogP contribution is -2.65. The van der Waals surface area contributed by atoms with Crippen LogP contribution in [-0.2, 0) is 30.4 Å². The summed E-state index contributed by atoms with van der Waals surface area (Å²) in [6.45, 7) is 2.72. The van der Waals surface area contributed by atoms with Crippen molar-refractivity contribution in [2.75, 3.05) is 26.3 Å². The van der Waals surface area contributed by atoms with E-state index in [0.29, 0.717) is 55.8 Å². The molecule has 1 atom stereocenters. The second-order valence-corrected chi connectivity index (χ2v) is 19.3. The molecule has 11 nitrogen and oxygen atoms in total. The topological polar surface area (TPSA) is 126 Å². The van der Waals surface area contributed by atoms with Crippen LogP contribution in [0.2, 0.25) is 0 Å². The van der Waals surface area contributed by atoms with E-state index >= 15 is 0 Å². The van der Waals surface area contributed by atoms with Gasteiger partial charge in [0.05, 0.1) is 19.4 Å². The number of amides is 1. The van der Waals surface area contributed by atoms with Gasteiger partial charge in [0.15, 0.2) is 3.51 Å². The van der Waals surface area contributed by atoms with E-state index in [-0.39, 0.29) is 34.0 Å². The number of esters is 2. The van der Waals surface area contributed by atoms with E-state index < -0.39 is 44.3 Å². The Balaban J connectivity index is 0.000000165. The summed E-state index contributed by atoms with van der Waals surface area (Å²) < 4.78 is 42.8. The number of hydrogen-bond acceptors (Lipinski definition) is 10. The molecule has 2 saturated heterocycles. The van der Waals surface area contributed by atoms with Crippen molar-refractivity contribution >= 4 is 42.3 Å². The zero-order chi connectivity index (χ0) is 39.2. The molecule has 0 radical (unpaired) electrons. The molecule has 5 aliphatic carbocycles. The fraction of sp³-hybridized carbons (Fsp3) is 0.545. The van der Waals surface area contributed by atoms with Gasteiger partial charge in [0.2, 0.25) is 11.8 Å². The van der Waals surface area contributed by atoms with E-state index in [0.717, 1.165) is 53.9 Å². The first-order valence-electron chi connectivity index (χ1n) is 20.6. The highest BCUT2D eigenvalue weighted by atomic mass is 127. The highest BCUT2D eigenvalue weighted by molar-refractivity contribution is 14.2. The van der Waals surface area contributed by atoms with Gasteiger partial charge in [0.1, 0.15) is 12.4 Å². The van der Waals surface area contributed by atoms with E-state index in [4.69, 9.17) is 23.7 Å². The molecule has 7 fully saturated rings. The van der Waals surface area contributed by atoms with Gasteiger partial charge in [-0.2, -0.15) is 0 Å². The first kappa shape index (κ1) is 39.7. The second-order valence-electron chi connectivity index (χ2n) is 16.5. The third-order valence-electron chi connectivity index (χ3n) is 12.4. The lowest BCUT2D eigenvalue weighted by atomic mass is 9.53. The largest absolute Gasteiger partial charge is 0.477 e. The third kappa shape index (κ3) is 9.77. The van der Waals surface area contributed by atoms with Gasteiger partial charge >= 0.3 is 18.0 Å². The number of carbonyl (C=O) groups is 3. The summed E-state index contributed by atoms with van der Waals surface area (Å²) in [6, 6.07) is 16.2. The van der Waals surface area contributed by atoms with Crippen LogP contribution in [0.15, 0.2) is 67.0 Å². The fourth-order valence-electron chi connectivity index (χ4n) is 9.73. The number of nitrogens with zero attached hydrogens (tertiary/aromatic N) is 3. The molecule has 5 saturated carbocycles. The van der Waals surface area contributed by atoms with Crippen molar-refractivity contribution < 1.29 is 42.5 Å². The van der Waals surface area contributed by atoms with Crippen LogP contribution in [0.1, 0.15) is 82.6 Å². The van der Waals surface area contributed by atoms with Crippen LogP contribution >= 0.6 is 20.7 Å². The van der Waals surface area contributed by atoms with Gasteiger partial charge in [0, 0.05) is 52.7 Å². The fourth-order valence-corrected chi connectivity index (χ4v) is 11.7. The summed E-state index contributed by atoms with van der Waals surface area (Å²) in [4.78, 5) is 48.2. The lowest BCUT2D eigenvalue weighted by molar-refractivity contribution is -0.308. The van der Waals surface area contributed by atoms with E-state index in [2.05, 4.69) is 9.97 Å². The molecule has 1 amide bonds.